The first kappa shape index (κ1) is 16.8. The van der Waals surface area contributed by atoms with Gasteiger partial charge in [-0.15, -0.1) is 0 Å². The summed E-state index contributed by atoms with van der Waals surface area (Å²) in [4.78, 5) is 22.5. The largest absolute Gasteiger partial charge is 0.496 e. The average molecular weight is 295 g/mol. The first-order chi connectivity index (χ1) is 9.97. The normalized spacial score (nSPS) is 11.6. The molecule has 21 heavy (non-hydrogen) atoms. The number of benzene rings is 1. The van der Waals surface area contributed by atoms with E-state index in [2.05, 4.69) is 5.32 Å². The van der Waals surface area contributed by atoms with Crippen LogP contribution < -0.4 is 14.8 Å². The number of rotatable bonds is 8. The van der Waals surface area contributed by atoms with Crippen molar-refractivity contribution < 1.29 is 24.2 Å². The molecule has 1 unspecified atom stereocenters. The Labute approximate surface area is 124 Å². The molecular formula is C15H21NO5. The fraction of sp³-hybridized carbons (Fsp3) is 0.467. The third kappa shape index (κ3) is 5.33. The number of amides is 1. The number of nitrogens with one attached hydrogen (secondary N) is 1. The van der Waals surface area contributed by atoms with Crippen LogP contribution in [0.15, 0.2) is 18.2 Å². The van der Waals surface area contributed by atoms with Gasteiger partial charge in [-0.1, -0.05) is 6.07 Å². The van der Waals surface area contributed by atoms with Crippen molar-refractivity contribution in [3.63, 3.8) is 0 Å². The second-order valence-corrected chi connectivity index (χ2v) is 4.72. The molecule has 1 atom stereocenters. The van der Waals surface area contributed by atoms with Crippen molar-refractivity contribution in [2.24, 2.45) is 0 Å². The maximum Gasteiger partial charge on any atom is 0.303 e. The van der Waals surface area contributed by atoms with Gasteiger partial charge in [-0.05, 0) is 25.5 Å². The van der Waals surface area contributed by atoms with E-state index in [-0.39, 0.29) is 24.8 Å². The highest BCUT2D eigenvalue weighted by atomic mass is 16.5. The lowest BCUT2D eigenvalue weighted by molar-refractivity contribution is -0.137. The van der Waals surface area contributed by atoms with Crippen LogP contribution >= 0.6 is 0 Å². The minimum Gasteiger partial charge on any atom is -0.496 e. The third-order valence-electron chi connectivity index (χ3n) is 3.07. The van der Waals surface area contributed by atoms with Gasteiger partial charge in [0.1, 0.15) is 11.5 Å². The van der Waals surface area contributed by atoms with E-state index in [4.69, 9.17) is 14.6 Å². The fourth-order valence-electron chi connectivity index (χ4n) is 2.00. The maximum absolute atomic E-state index is 12.0. The summed E-state index contributed by atoms with van der Waals surface area (Å²) in [6.45, 7) is 1.78. The summed E-state index contributed by atoms with van der Waals surface area (Å²) in [6, 6.07) is 5.11. The van der Waals surface area contributed by atoms with Gasteiger partial charge in [-0.25, -0.2) is 0 Å². The zero-order valence-electron chi connectivity index (χ0n) is 12.5. The molecule has 1 rings (SSSR count). The van der Waals surface area contributed by atoms with Gasteiger partial charge in [-0.2, -0.15) is 0 Å². The molecular weight excluding hydrogens is 274 g/mol. The second-order valence-electron chi connectivity index (χ2n) is 4.72. The van der Waals surface area contributed by atoms with Crippen molar-refractivity contribution >= 4 is 11.9 Å². The predicted octanol–water partition coefficient (Wildman–Crippen LogP) is 1.62. The second kappa shape index (κ2) is 8.14. The molecule has 0 aliphatic carbocycles. The average Bonchev–Trinajstić information content (AvgIpc) is 2.45. The van der Waals surface area contributed by atoms with Gasteiger partial charge in [0.05, 0.1) is 20.6 Å². The summed E-state index contributed by atoms with van der Waals surface area (Å²) >= 11 is 0. The molecule has 0 aliphatic heterocycles. The highest BCUT2D eigenvalue weighted by Gasteiger charge is 2.16. The van der Waals surface area contributed by atoms with E-state index >= 15 is 0 Å². The van der Waals surface area contributed by atoms with Gasteiger partial charge in [0.25, 0.3) is 0 Å². The van der Waals surface area contributed by atoms with Crippen LogP contribution in [0.2, 0.25) is 0 Å². The number of carbonyl (C=O) groups excluding carboxylic acids is 1. The van der Waals surface area contributed by atoms with Crippen LogP contribution in [0, 0.1) is 0 Å². The molecule has 0 saturated carbocycles. The van der Waals surface area contributed by atoms with Crippen LogP contribution in [-0.2, 0) is 16.0 Å². The van der Waals surface area contributed by atoms with E-state index in [0.29, 0.717) is 23.5 Å². The number of carboxylic acid groups (broad SMARTS) is 1. The summed E-state index contributed by atoms with van der Waals surface area (Å²) in [5, 5.41) is 11.4. The molecule has 6 heteroatoms. The van der Waals surface area contributed by atoms with Gasteiger partial charge >= 0.3 is 5.97 Å². The highest BCUT2D eigenvalue weighted by molar-refractivity contribution is 5.80. The van der Waals surface area contributed by atoms with Crippen molar-refractivity contribution in [1.29, 1.82) is 0 Å². The monoisotopic (exact) mass is 295 g/mol. The molecule has 6 nitrogen and oxygen atoms in total. The van der Waals surface area contributed by atoms with Crippen LogP contribution in [-0.4, -0.2) is 37.2 Å². The van der Waals surface area contributed by atoms with Crippen molar-refractivity contribution in [2.45, 2.75) is 32.2 Å². The van der Waals surface area contributed by atoms with Gasteiger partial charge in [0, 0.05) is 18.0 Å². The fourth-order valence-corrected chi connectivity index (χ4v) is 2.00. The number of aliphatic carboxylic acids is 1. The first-order valence-electron chi connectivity index (χ1n) is 6.69. The Hall–Kier alpha value is -2.24. The summed E-state index contributed by atoms with van der Waals surface area (Å²) in [5.74, 6) is 0.101. The topological polar surface area (TPSA) is 84.9 Å². The number of carbonyl (C=O) groups is 2. The lowest BCUT2D eigenvalue weighted by atomic mass is 10.1. The molecule has 0 fully saturated rings. The van der Waals surface area contributed by atoms with Crippen molar-refractivity contribution in [3.8, 4) is 11.5 Å². The van der Waals surface area contributed by atoms with Gasteiger partial charge in [0.15, 0.2) is 0 Å². The maximum atomic E-state index is 12.0. The number of ether oxygens (including phenoxy) is 2. The molecule has 1 amide bonds. The Morgan fingerprint density at radius 1 is 1.24 bits per heavy atom. The Morgan fingerprint density at radius 3 is 2.29 bits per heavy atom. The standard InChI is InChI=1S/C15H21NO5/c1-10(7-8-15(18)19)16-14(17)9-11-12(20-2)5-4-6-13(11)21-3/h4-6,10H,7-9H2,1-3H3,(H,16,17)(H,18,19). The van der Waals surface area contributed by atoms with E-state index < -0.39 is 5.97 Å². The summed E-state index contributed by atoms with van der Waals surface area (Å²) in [6.07, 6.45) is 0.536. The van der Waals surface area contributed by atoms with Crippen LogP contribution in [0.25, 0.3) is 0 Å². The van der Waals surface area contributed by atoms with Crippen LogP contribution in [0.1, 0.15) is 25.3 Å². The van der Waals surface area contributed by atoms with E-state index in [1.807, 2.05) is 0 Å². The van der Waals surface area contributed by atoms with Crippen LogP contribution in [0.5, 0.6) is 11.5 Å². The van der Waals surface area contributed by atoms with Crippen LogP contribution in [0.4, 0.5) is 0 Å². The van der Waals surface area contributed by atoms with E-state index in [9.17, 15) is 9.59 Å². The Morgan fingerprint density at radius 2 is 1.81 bits per heavy atom. The molecule has 0 spiro atoms. The molecule has 1 aromatic rings. The molecule has 116 valence electrons. The lowest BCUT2D eigenvalue weighted by Crippen LogP contribution is -2.34. The Kier molecular flexibility index (Phi) is 6.52. The molecule has 0 radical (unpaired) electrons. The smallest absolute Gasteiger partial charge is 0.303 e. The van der Waals surface area contributed by atoms with Gasteiger partial charge in [0.2, 0.25) is 5.91 Å². The zero-order valence-corrected chi connectivity index (χ0v) is 12.5. The summed E-state index contributed by atoms with van der Waals surface area (Å²) in [5.41, 5.74) is 0.672. The summed E-state index contributed by atoms with van der Waals surface area (Å²) in [7, 11) is 3.07. The molecule has 0 bridgehead atoms. The van der Waals surface area contributed by atoms with Gasteiger partial charge in [-0.3, -0.25) is 9.59 Å². The van der Waals surface area contributed by atoms with Crippen molar-refractivity contribution in [2.75, 3.05) is 14.2 Å². The minimum atomic E-state index is -0.873. The van der Waals surface area contributed by atoms with Crippen molar-refractivity contribution in [1.82, 2.24) is 5.32 Å². The predicted molar refractivity (Wildman–Crippen MR) is 77.7 cm³/mol. The molecule has 0 heterocycles. The van der Waals surface area contributed by atoms with E-state index in [1.165, 1.54) is 14.2 Å². The number of hydrogen-bond donors (Lipinski definition) is 2. The van der Waals surface area contributed by atoms with E-state index in [1.54, 1.807) is 25.1 Å². The SMILES string of the molecule is COc1cccc(OC)c1CC(=O)NC(C)CCC(=O)O. The Balaban J connectivity index is 2.68. The highest BCUT2D eigenvalue weighted by Crippen LogP contribution is 2.28. The first-order valence-corrected chi connectivity index (χ1v) is 6.69. The number of hydrogen-bond acceptors (Lipinski definition) is 4. The van der Waals surface area contributed by atoms with Crippen molar-refractivity contribution in [3.05, 3.63) is 23.8 Å². The van der Waals surface area contributed by atoms with E-state index in [0.717, 1.165) is 0 Å². The number of carboxylic acids is 1. The Bertz CT molecular complexity index is 479. The molecule has 0 aromatic heterocycles. The lowest BCUT2D eigenvalue weighted by Gasteiger charge is -2.15. The third-order valence-corrected chi connectivity index (χ3v) is 3.07. The molecule has 0 aliphatic rings. The zero-order chi connectivity index (χ0) is 15.8. The molecule has 1 aromatic carbocycles. The number of methoxy groups -OCH3 is 2. The summed E-state index contributed by atoms with van der Waals surface area (Å²) < 4.78 is 10.5. The molecule has 0 saturated heterocycles. The molecule has 2 N–H and O–H groups in total. The van der Waals surface area contributed by atoms with Crippen LogP contribution in [0.3, 0.4) is 0 Å². The quantitative estimate of drug-likeness (QED) is 0.761. The van der Waals surface area contributed by atoms with Gasteiger partial charge < -0.3 is 19.9 Å². The minimum absolute atomic E-state index is 0.0272.